The van der Waals surface area contributed by atoms with Gasteiger partial charge in [0.2, 0.25) is 6.41 Å². The minimum atomic E-state index is -0.421. The van der Waals surface area contributed by atoms with E-state index in [0.717, 1.165) is 37.2 Å². The Hall–Kier alpha value is -1.36. The van der Waals surface area contributed by atoms with Crippen molar-refractivity contribution >= 4 is 18.2 Å². The first-order valence-electron chi connectivity index (χ1n) is 10.1. The second-order valence-electron chi connectivity index (χ2n) is 7.76. The number of rotatable bonds is 6. The number of benzene rings is 1. The number of nitrogens with one attached hydrogen (secondary N) is 1. The van der Waals surface area contributed by atoms with Gasteiger partial charge in [0.1, 0.15) is 0 Å². The molecular weight excluding hydrogens is 346 g/mol. The first-order valence-corrected chi connectivity index (χ1v) is 11.1. The summed E-state index contributed by atoms with van der Waals surface area (Å²) in [5, 5.41) is 3.76. The molecule has 1 N–H and O–H groups in total. The molecular formula is C21H29NO3S. The molecule has 5 heteroatoms. The van der Waals surface area contributed by atoms with Gasteiger partial charge >= 0.3 is 0 Å². The summed E-state index contributed by atoms with van der Waals surface area (Å²) in [6.45, 7) is 2.92. The van der Waals surface area contributed by atoms with Crippen molar-refractivity contribution in [3.8, 4) is 11.5 Å². The summed E-state index contributed by atoms with van der Waals surface area (Å²) in [4.78, 5) is 10.8. The topological polar surface area (TPSA) is 47.6 Å². The molecule has 1 aromatic rings. The van der Waals surface area contributed by atoms with Crippen molar-refractivity contribution in [3.05, 3.63) is 23.3 Å². The molecule has 2 unspecified atom stereocenters. The molecule has 2 heterocycles. The lowest BCUT2D eigenvalue weighted by Crippen LogP contribution is -2.40. The molecule has 4 rings (SSSR count). The van der Waals surface area contributed by atoms with Crippen molar-refractivity contribution in [2.24, 2.45) is 0 Å². The molecule has 0 saturated heterocycles. The molecule has 1 aromatic carbocycles. The van der Waals surface area contributed by atoms with Crippen LogP contribution in [0.2, 0.25) is 0 Å². The SMILES string of the molecule is CCCCC1Cc2c(ccc3c2OC2(CCCCC2)O3)C(CNC=O)S1. The molecule has 26 heavy (non-hydrogen) atoms. The molecule has 1 fully saturated rings. The maximum Gasteiger partial charge on any atom is 0.251 e. The molecule has 2 atom stereocenters. The third kappa shape index (κ3) is 3.42. The van der Waals surface area contributed by atoms with Crippen LogP contribution in [0.3, 0.4) is 0 Å². The lowest BCUT2D eigenvalue weighted by molar-refractivity contribution is -0.109. The van der Waals surface area contributed by atoms with Gasteiger partial charge in [0, 0.05) is 35.4 Å². The van der Waals surface area contributed by atoms with Crippen LogP contribution in [0.4, 0.5) is 0 Å². The molecule has 1 spiro atoms. The molecule has 3 aliphatic rings. The Morgan fingerprint density at radius 1 is 1.27 bits per heavy atom. The van der Waals surface area contributed by atoms with E-state index in [1.165, 1.54) is 49.7 Å². The van der Waals surface area contributed by atoms with Crippen LogP contribution in [0.1, 0.15) is 74.7 Å². The van der Waals surface area contributed by atoms with Gasteiger partial charge in [-0.25, -0.2) is 0 Å². The van der Waals surface area contributed by atoms with E-state index in [9.17, 15) is 4.79 Å². The molecule has 1 aliphatic carbocycles. The second-order valence-corrected chi connectivity index (χ2v) is 9.26. The zero-order valence-corrected chi connectivity index (χ0v) is 16.4. The molecule has 1 saturated carbocycles. The van der Waals surface area contributed by atoms with Crippen molar-refractivity contribution in [3.63, 3.8) is 0 Å². The molecule has 2 aliphatic heterocycles. The summed E-state index contributed by atoms with van der Waals surface area (Å²) in [6, 6.07) is 4.28. The van der Waals surface area contributed by atoms with Gasteiger partial charge < -0.3 is 14.8 Å². The summed E-state index contributed by atoms with van der Waals surface area (Å²) >= 11 is 2.01. The Morgan fingerprint density at radius 3 is 2.88 bits per heavy atom. The van der Waals surface area contributed by atoms with Gasteiger partial charge in [-0.3, -0.25) is 4.79 Å². The van der Waals surface area contributed by atoms with Gasteiger partial charge in [0.15, 0.2) is 11.5 Å². The lowest BCUT2D eigenvalue weighted by atomic mass is 9.94. The van der Waals surface area contributed by atoms with Crippen molar-refractivity contribution in [1.29, 1.82) is 0 Å². The van der Waals surface area contributed by atoms with E-state index in [1.54, 1.807) is 0 Å². The van der Waals surface area contributed by atoms with Gasteiger partial charge in [-0.05, 0) is 37.3 Å². The minimum Gasteiger partial charge on any atom is -0.448 e. The average molecular weight is 376 g/mol. The van der Waals surface area contributed by atoms with Crippen molar-refractivity contribution in [1.82, 2.24) is 5.32 Å². The first kappa shape index (κ1) is 18.0. The van der Waals surface area contributed by atoms with Crippen LogP contribution in [0.15, 0.2) is 12.1 Å². The Balaban J connectivity index is 1.63. The van der Waals surface area contributed by atoms with E-state index < -0.39 is 5.79 Å². The van der Waals surface area contributed by atoms with E-state index >= 15 is 0 Å². The van der Waals surface area contributed by atoms with E-state index in [4.69, 9.17) is 9.47 Å². The van der Waals surface area contributed by atoms with E-state index in [0.29, 0.717) is 17.0 Å². The largest absolute Gasteiger partial charge is 0.448 e. The molecule has 1 amide bonds. The Bertz CT molecular complexity index is 657. The highest BCUT2D eigenvalue weighted by atomic mass is 32.2. The lowest BCUT2D eigenvalue weighted by Gasteiger charge is -2.33. The Morgan fingerprint density at radius 2 is 2.12 bits per heavy atom. The molecule has 4 nitrogen and oxygen atoms in total. The normalized spacial score (nSPS) is 25.7. The smallest absolute Gasteiger partial charge is 0.251 e. The zero-order valence-electron chi connectivity index (χ0n) is 15.6. The predicted molar refractivity (Wildman–Crippen MR) is 105 cm³/mol. The van der Waals surface area contributed by atoms with Crippen molar-refractivity contribution in [2.45, 2.75) is 81.0 Å². The standard InChI is InChI=1S/C21H29NO3S/c1-2-3-7-15-12-17-16(19(26-15)13-22-14-23)8-9-18-20(17)25-21(24-18)10-5-4-6-11-21/h8-9,14-15,19H,2-7,10-13H2,1H3,(H,22,23). The summed E-state index contributed by atoms with van der Waals surface area (Å²) in [6.07, 6.45) is 11.1. The number of ether oxygens (including phenoxy) is 2. The van der Waals surface area contributed by atoms with Gasteiger partial charge in [-0.1, -0.05) is 32.3 Å². The van der Waals surface area contributed by atoms with E-state index in [-0.39, 0.29) is 0 Å². The quantitative estimate of drug-likeness (QED) is 0.729. The van der Waals surface area contributed by atoms with Crippen LogP contribution in [0.25, 0.3) is 0 Å². The number of thioether (sulfide) groups is 1. The fourth-order valence-corrected chi connectivity index (χ4v) is 6.11. The van der Waals surface area contributed by atoms with Gasteiger partial charge in [-0.2, -0.15) is 0 Å². The van der Waals surface area contributed by atoms with Gasteiger partial charge in [0.05, 0.1) is 0 Å². The molecule has 142 valence electrons. The second kappa shape index (κ2) is 7.71. The van der Waals surface area contributed by atoms with Crippen molar-refractivity contribution < 1.29 is 14.3 Å². The fraction of sp³-hybridized carbons (Fsp3) is 0.667. The van der Waals surface area contributed by atoms with Crippen LogP contribution in [0, 0.1) is 0 Å². The summed E-state index contributed by atoms with van der Waals surface area (Å²) < 4.78 is 12.9. The monoisotopic (exact) mass is 375 g/mol. The Labute approximate surface area is 160 Å². The van der Waals surface area contributed by atoms with Crippen LogP contribution < -0.4 is 14.8 Å². The third-order valence-corrected chi connectivity index (χ3v) is 7.40. The highest BCUT2D eigenvalue weighted by Gasteiger charge is 2.45. The number of hydrogen-bond acceptors (Lipinski definition) is 4. The van der Waals surface area contributed by atoms with Gasteiger partial charge in [-0.15, -0.1) is 11.8 Å². The highest BCUT2D eigenvalue weighted by molar-refractivity contribution is 8.00. The highest BCUT2D eigenvalue weighted by Crippen LogP contribution is 2.53. The third-order valence-electron chi connectivity index (χ3n) is 5.86. The predicted octanol–water partition coefficient (Wildman–Crippen LogP) is 4.75. The number of fused-ring (bicyclic) bond motifs is 3. The first-order chi connectivity index (χ1) is 12.7. The number of unbranched alkanes of at least 4 members (excludes halogenated alkanes) is 1. The minimum absolute atomic E-state index is 0.294. The summed E-state index contributed by atoms with van der Waals surface area (Å²) in [5.41, 5.74) is 2.63. The van der Waals surface area contributed by atoms with Crippen LogP contribution in [0.5, 0.6) is 11.5 Å². The molecule has 0 radical (unpaired) electrons. The fourth-order valence-electron chi connectivity index (χ4n) is 4.52. The zero-order chi connectivity index (χ0) is 18.0. The maximum atomic E-state index is 10.8. The van der Waals surface area contributed by atoms with Crippen molar-refractivity contribution in [2.75, 3.05) is 6.54 Å². The summed E-state index contributed by atoms with van der Waals surface area (Å²) in [5.74, 6) is 1.49. The van der Waals surface area contributed by atoms with Gasteiger partial charge in [0.25, 0.3) is 5.79 Å². The Kier molecular flexibility index (Phi) is 5.35. The number of carbonyl (C=O) groups is 1. The number of carbonyl (C=O) groups excluding carboxylic acids is 1. The molecule has 0 aromatic heterocycles. The molecule has 0 bridgehead atoms. The maximum absolute atomic E-state index is 10.8. The van der Waals surface area contributed by atoms with Crippen LogP contribution in [-0.2, 0) is 11.2 Å². The van der Waals surface area contributed by atoms with Crippen LogP contribution >= 0.6 is 11.8 Å². The van der Waals surface area contributed by atoms with Crippen LogP contribution in [-0.4, -0.2) is 24.0 Å². The number of amides is 1. The van der Waals surface area contributed by atoms with E-state index in [2.05, 4.69) is 24.4 Å². The summed E-state index contributed by atoms with van der Waals surface area (Å²) in [7, 11) is 0. The van der Waals surface area contributed by atoms with E-state index in [1.807, 2.05) is 11.8 Å². The average Bonchev–Trinajstić information content (AvgIpc) is 3.02. The number of hydrogen-bond donors (Lipinski definition) is 1.